The third-order valence-corrected chi connectivity index (χ3v) is 1.46. The molecule has 0 aromatic heterocycles. The van der Waals surface area contributed by atoms with Crippen LogP contribution in [0.2, 0.25) is 0 Å². The predicted molar refractivity (Wildman–Crippen MR) is 48.6 cm³/mol. The average Bonchev–Trinajstić information content (AvgIpc) is 1.97. The third kappa shape index (κ3) is 7.56. The monoisotopic (exact) mass is 157 g/mol. The van der Waals surface area contributed by atoms with Gasteiger partial charge in [-0.05, 0) is 19.8 Å². The predicted octanol–water partition coefficient (Wildman–Crippen LogP) is 1.17. The highest BCUT2D eigenvalue weighted by atomic mass is 16.3. The molecule has 0 heterocycles. The van der Waals surface area contributed by atoms with E-state index in [2.05, 4.69) is 25.2 Å². The standard InChI is InChI=1S/C9H19NO/c1-8(2)4-5-10-6-9(3)7-11/h4,9-11H,5-7H2,1-3H3. The molecule has 1 unspecified atom stereocenters. The molecule has 0 aromatic rings. The highest BCUT2D eigenvalue weighted by Crippen LogP contribution is 1.89. The zero-order valence-electron chi connectivity index (χ0n) is 7.72. The fourth-order valence-corrected chi connectivity index (χ4v) is 0.671. The van der Waals surface area contributed by atoms with Gasteiger partial charge in [-0.2, -0.15) is 0 Å². The molecule has 0 aliphatic carbocycles. The number of aliphatic hydroxyl groups is 1. The van der Waals surface area contributed by atoms with Gasteiger partial charge < -0.3 is 10.4 Å². The summed E-state index contributed by atoms with van der Waals surface area (Å²) in [5.74, 6) is 0.362. The first-order valence-electron chi connectivity index (χ1n) is 4.11. The van der Waals surface area contributed by atoms with Crippen LogP contribution < -0.4 is 5.32 Å². The van der Waals surface area contributed by atoms with Crippen LogP contribution in [0, 0.1) is 5.92 Å². The molecule has 0 saturated heterocycles. The molecule has 66 valence electrons. The average molecular weight is 157 g/mol. The van der Waals surface area contributed by atoms with Crippen LogP contribution in [0.4, 0.5) is 0 Å². The van der Waals surface area contributed by atoms with Crippen molar-refractivity contribution >= 4 is 0 Å². The molecule has 0 aliphatic heterocycles. The Morgan fingerprint density at radius 1 is 1.55 bits per heavy atom. The van der Waals surface area contributed by atoms with Crippen LogP contribution in [-0.2, 0) is 0 Å². The lowest BCUT2D eigenvalue weighted by Crippen LogP contribution is -2.23. The fraction of sp³-hybridized carbons (Fsp3) is 0.778. The van der Waals surface area contributed by atoms with E-state index < -0.39 is 0 Å². The van der Waals surface area contributed by atoms with Crippen LogP contribution in [0.25, 0.3) is 0 Å². The summed E-state index contributed by atoms with van der Waals surface area (Å²) in [6.45, 7) is 8.25. The van der Waals surface area contributed by atoms with Gasteiger partial charge in [-0.15, -0.1) is 0 Å². The molecule has 0 rings (SSSR count). The molecule has 2 nitrogen and oxygen atoms in total. The maximum atomic E-state index is 8.69. The topological polar surface area (TPSA) is 32.3 Å². The molecular formula is C9H19NO. The van der Waals surface area contributed by atoms with Gasteiger partial charge in [0.15, 0.2) is 0 Å². The molecule has 0 bridgehead atoms. The van der Waals surface area contributed by atoms with Crippen LogP contribution >= 0.6 is 0 Å². The minimum absolute atomic E-state index is 0.266. The van der Waals surface area contributed by atoms with Gasteiger partial charge in [0, 0.05) is 19.7 Å². The van der Waals surface area contributed by atoms with E-state index in [4.69, 9.17) is 5.11 Å². The summed E-state index contributed by atoms with van der Waals surface area (Å²) >= 11 is 0. The number of allylic oxidation sites excluding steroid dienone is 1. The van der Waals surface area contributed by atoms with E-state index in [-0.39, 0.29) is 6.61 Å². The molecule has 0 fully saturated rings. The van der Waals surface area contributed by atoms with Gasteiger partial charge >= 0.3 is 0 Å². The Hall–Kier alpha value is -0.340. The van der Waals surface area contributed by atoms with Crippen molar-refractivity contribution in [3.8, 4) is 0 Å². The van der Waals surface area contributed by atoms with E-state index in [0.29, 0.717) is 5.92 Å². The zero-order chi connectivity index (χ0) is 8.69. The minimum atomic E-state index is 0.266. The first-order valence-corrected chi connectivity index (χ1v) is 4.11. The van der Waals surface area contributed by atoms with Gasteiger partial charge in [0.25, 0.3) is 0 Å². The van der Waals surface area contributed by atoms with Crippen LogP contribution in [-0.4, -0.2) is 24.8 Å². The first-order chi connectivity index (χ1) is 5.16. The highest BCUT2D eigenvalue weighted by molar-refractivity contribution is 4.94. The number of aliphatic hydroxyl groups excluding tert-OH is 1. The smallest absolute Gasteiger partial charge is 0.0468 e. The number of hydrogen-bond acceptors (Lipinski definition) is 2. The first kappa shape index (κ1) is 10.7. The normalized spacial score (nSPS) is 12.7. The Morgan fingerprint density at radius 3 is 2.64 bits per heavy atom. The van der Waals surface area contributed by atoms with Crippen LogP contribution in [0.15, 0.2) is 11.6 Å². The SMILES string of the molecule is CC(C)=CCNCC(C)CO. The van der Waals surface area contributed by atoms with Crippen LogP contribution in [0.5, 0.6) is 0 Å². The van der Waals surface area contributed by atoms with E-state index >= 15 is 0 Å². The van der Waals surface area contributed by atoms with Crippen molar-refractivity contribution in [2.45, 2.75) is 20.8 Å². The Kier molecular flexibility index (Phi) is 6.18. The van der Waals surface area contributed by atoms with E-state index in [1.165, 1.54) is 5.57 Å². The van der Waals surface area contributed by atoms with Gasteiger partial charge in [0.05, 0.1) is 0 Å². The molecule has 0 saturated carbocycles. The van der Waals surface area contributed by atoms with Crippen LogP contribution in [0.3, 0.4) is 0 Å². The summed E-state index contributed by atoms with van der Waals surface area (Å²) in [5.41, 5.74) is 1.33. The number of hydrogen-bond donors (Lipinski definition) is 2. The summed E-state index contributed by atoms with van der Waals surface area (Å²) in [7, 11) is 0. The van der Waals surface area contributed by atoms with Gasteiger partial charge in [0.1, 0.15) is 0 Å². The van der Waals surface area contributed by atoms with Crippen LogP contribution in [0.1, 0.15) is 20.8 Å². The fourth-order valence-electron chi connectivity index (χ4n) is 0.671. The van der Waals surface area contributed by atoms with Crippen molar-refractivity contribution in [1.82, 2.24) is 5.32 Å². The van der Waals surface area contributed by atoms with Crippen molar-refractivity contribution < 1.29 is 5.11 Å². The Morgan fingerprint density at radius 2 is 2.18 bits per heavy atom. The van der Waals surface area contributed by atoms with Crippen molar-refractivity contribution in [3.63, 3.8) is 0 Å². The Balaban J connectivity index is 3.21. The molecule has 0 aromatic carbocycles. The summed E-state index contributed by atoms with van der Waals surface area (Å²) in [5, 5.41) is 11.9. The maximum absolute atomic E-state index is 8.69. The van der Waals surface area contributed by atoms with Gasteiger partial charge in [-0.25, -0.2) is 0 Å². The lowest BCUT2D eigenvalue weighted by atomic mass is 10.2. The number of rotatable bonds is 5. The van der Waals surface area contributed by atoms with E-state index in [0.717, 1.165) is 13.1 Å². The second-order valence-corrected chi connectivity index (χ2v) is 3.23. The second-order valence-electron chi connectivity index (χ2n) is 3.23. The van der Waals surface area contributed by atoms with E-state index in [1.807, 2.05) is 6.92 Å². The summed E-state index contributed by atoms with van der Waals surface area (Å²) in [6, 6.07) is 0. The molecule has 1 atom stereocenters. The van der Waals surface area contributed by atoms with Gasteiger partial charge in [-0.3, -0.25) is 0 Å². The molecular weight excluding hydrogens is 138 g/mol. The molecule has 11 heavy (non-hydrogen) atoms. The molecule has 0 radical (unpaired) electrons. The van der Waals surface area contributed by atoms with Crippen molar-refractivity contribution in [1.29, 1.82) is 0 Å². The molecule has 2 N–H and O–H groups in total. The number of nitrogens with one attached hydrogen (secondary N) is 1. The Bertz CT molecular complexity index is 117. The lowest BCUT2D eigenvalue weighted by Gasteiger charge is -2.07. The third-order valence-electron chi connectivity index (χ3n) is 1.46. The molecule has 2 heteroatoms. The zero-order valence-corrected chi connectivity index (χ0v) is 7.72. The van der Waals surface area contributed by atoms with Crippen molar-refractivity contribution in [3.05, 3.63) is 11.6 Å². The Labute approximate surface area is 69.3 Å². The second kappa shape index (κ2) is 6.38. The van der Waals surface area contributed by atoms with E-state index in [1.54, 1.807) is 0 Å². The molecule has 0 amide bonds. The molecule has 0 aliphatic rings. The van der Waals surface area contributed by atoms with E-state index in [9.17, 15) is 0 Å². The minimum Gasteiger partial charge on any atom is -0.396 e. The van der Waals surface area contributed by atoms with Crippen molar-refractivity contribution in [2.24, 2.45) is 5.92 Å². The summed E-state index contributed by atoms with van der Waals surface area (Å²) in [4.78, 5) is 0. The summed E-state index contributed by atoms with van der Waals surface area (Å²) in [6.07, 6.45) is 2.14. The maximum Gasteiger partial charge on any atom is 0.0468 e. The van der Waals surface area contributed by atoms with Crippen molar-refractivity contribution in [2.75, 3.05) is 19.7 Å². The quantitative estimate of drug-likeness (QED) is 0.464. The lowest BCUT2D eigenvalue weighted by molar-refractivity contribution is 0.235. The van der Waals surface area contributed by atoms with Gasteiger partial charge in [0.2, 0.25) is 0 Å². The largest absolute Gasteiger partial charge is 0.396 e. The van der Waals surface area contributed by atoms with Gasteiger partial charge in [-0.1, -0.05) is 18.6 Å². The molecule has 0 spiro atoms. The summed E-state index contributed by atoms with van der Waals surface area (Å²) < 4.78 is 0. The highest BCUT2D eigenvalue weighted by Gasteiger charge is 1.95.